The van der Waals surface area contributed by atoms with Gasteiger partial charge in [-0.15, -0.1) is 0 Å². The second-order valence-corrected chi connectivity index (χ2v) is 4.41. The molecular weight excluding hydrogens is 268 g/mol. The third-order valence-corrected chi connectivity index (χ3v) is 2.77. The summed E-state index contributed by atoms with van der Waals surface area (Å²) in [5.74, 6) is -0.485. The Labute approximate surface area is 123 Å². The van der Waals surface area contributed by atoms with Crippen LogP contribution in [0.2, 0.25) is 0 Å². The summed E-state index contributed by atoms with van der Waals surface area (Å²) in [5.41, 5.74) is 2.71. The van der Waals surface area contributed by atoms with Crippen molar-refractivity contribution in [2.24, 2.45) is 0 Å². The molecule has 0 radical (unpaired) electrons. The van der Waals surface area contributed by atoms with Gasteiger partial charge in [-0.2, -0.15) is 0 Å². The molecule has 0 unspecified atom stereocenters. The van der Waals surface area contributed by atoms with Crippen LogP contribution >= 0.6 is 0 Å². The lowest BCUT2D eigenvalue weighted by Crippen LogP contribution is -2.05. The third kappa shape index (κ3) is 3.89. The van der Waals surface area contributed by atoms with Crippen molar-refractivity contribution < 1.29 is 14.3 Å². The lowest BCUT2D eigenvalue weighted by molar-refractivity contribution is -0.114. The van der Waals surface area contributed by atoms with E-state index in [1.54, 1.807) is 37.4 Å². The maximum Gasteiger partial charge on any atom is 0.338 e. The molecule has 1 heterocycles. The fraction of sp³-hybridized carbons (Fsp3) is 0.188. The van der Waals surface area contributed by atoms with Crippen molar-refractivity contribution in [2.45, 2.75) is 13.8 Å². The summed E-state index contributed by atoms with van der Waals surface area (Å²) < 4.78 is 4.97. The summed E-state index contributed by atoms with van der Waals surface area (Å²) in [7, 11) is 0. The van der Waals surface area contributed by atoms with Crippen LogP contribution in [0.3, 0.4) is 0 Å². The Kier molecular flexibility index (Phi) is 4.66. The summed E-state index contributed by atoms with van der Waals surface area (Å²) >= 11 is 0. The Morgan fingerprint density at radius 2 is 1.90 bits per heavy atom. The van der Waals surface area contributed by atoms with Gasteiger partial charge in [0.25, 0.3) is 0 Å². The molecule has 0 fully saturated rings. The Morgan fingerprint density at radius 3 is 2.52 bits per heavy atom. The van der Waals surface area contributed by atoms with Crippen molar-refractivity contribution in [3.05, 3.63) is 48.2 Å². The quantitative estimate of drug-likeness (QED) is 0.876. The molecule has 0 bridgehead atoms. The lowest BCUT2D eigenvalue weighted by Gasteiger charge is -2.06. The standard InChI is InChI=1S/C16H16N2O3/c1-3-21-16(20)13-8-9-17-15(10-13)12-4-6-14(7-5-12)18-11(2)19/h4-10H,3H2,1-2H3,(H,18,19). The molecule has 1 N–H and O–H groups in total. The fourth-order valence-corrected chi connectivity index (χ4v) is 1.86. The van der Waals surface area contributed by atoms with Gasteiger partial charge in [0.1, 0.15) is 0 Å². The van der Waals surface area contributed by atoms with E-state index in [-0.39, 0.29) is 11.9 Å². The van der Waals surface area contributed by atoms with E-state index in [1.165, 1.54) is 6.92 Å². The molecule has 21 heavy (non-hydrogen) atoms. The number of ether oxygens (including phenoxy) is 1. The van der Waals surface area contributed by atoms with E-state index in [4.69, 9.17) is 4.74 Å². The highest BCUT2D eigenvalue weighted by atomic mass is 16.5. The highest BCUT2D eigenvalue weighted by Crippen LogP contribution is 2.20. The average Bonchev–Trinajstić information content (AvgIpc) is 2.48. The number of nitrogens with one attached hydrogen (secondary N) is 1. The molecule has 2 rings (SSSR count). The second kappa shape index (κ2) is 6.65. The number of aromatic nitrogens is 1. The van der Waals surface area contributed by atoms with Crippen LogP contribution in [0, 0.1) is 0 Å². The van der Waals surface area contributed by atoms with Gasteiger partial charge >= 0.3 is 5.97 Å². The van der Waals surface area contributed by atoms with E-state index in [0.717, 1.165) is 5.56 Å². The van der Waals surface area contributed by atoms with Crippen LogP contribution < -0.4 is 5.32 Å². The van der Waals surface area contributed by atoms with E-state index >= 15 is 0 Å². The number of benzene rings is 1. The number of hydrogen-bond donors (Lipinski definition) is 1. The molecule has 0 saturated heterocycles. The smallest absolute Gasteiger partial charge is 0.338 e. The first-order valence-corrected chi connectivity index (χ1v) is 6.61. The van der Waals surface area contributed by atoms with Gasteiger partial charge in [-0.05, 0) is 31.2 Å². The fourth-order valence-electron chi connectivity index (χ4n) is 1.86. The molecule has 1 aromatic heterocycles. The monoisotopic (exact) mass is 284 g/mol. The Morgan fingerprint density at radius 1 is 1.19 bits per heavy atom. The van der Waals surface area contributed by atoms with E-state index in [2.05, 4.69) is 10.3 Å². The molecular formula is C16H16N2O3. The Bertz CT molecular complexity index is 651. The van der Waals surface area contributed by atoms with Crippen LogP contribution in [0.1, 0.15) is 24.2 Å². The number of hydrogen-bond acceptors (Lipinski definition) is 4. The Balaban J connectivity index is 2.23. The number of esters is 1. The number of amides is 1. The van der Waals surface area contributed by atoms with Gasteiger partial charge in [0.2, 0.25) is 5.91 Å². The summed E-state index contributed by atoms with van der Waals surface area (Å²) in [6, 6.07) is 10.6. The molecule has 2 aromatic rings. The Hall–Kier alpha value is -2.69. The molecule has 0 saturated carbocycles. The predicted octanol–water partition coefficient (Wildman–Crippen LogP) is 2.88. The average molecular weight is 284 g/mol. The number of rotatable bonds is 4. The number of carbonyl (C=O) groups is 2. The van der Waals surface area contributed by atoms with E-state index < -0.39 is 0 Å². The maximum absolute atomic E-state index is 11.7. The molecule has 0 aliphatic carbocycles. The normalized spacial score (nSPS) is 10.0. The van der Waals surface area contributed by atoms with E-state index in [1.807, 2.05) is 12.1 Å². The summed E-state index contributed by atoms with van der Waals surface area (Å²) in [6.45, 7) is 3.56. The van der Waals surface area contributed by atoms with Gasteiger partial charge in [0.15, 0.2) is 0 Å². The number of anilines is 1. The molecule has 5 heteroatoms. The van der Waals surface area contributed by atoms with Gasteiger partial charge < -0.3 is 10.1 Å². The van der Waals surface area contributed by atoms with Crippen molar-refractivity contribution in [3.63, 3.8) is 0 Å². The first-order valence-electron chi connectivity index (χ1n) is 6.61. The van der Waals surface area contributed by atoms with Crippen LogP contribution in [0.25, 0.3) is 11.3 Å². The van der Waals surface area contributed by atoms with Gasteiger partial charge in [-0.1, -0.05) is 12.1 Å². The first-order chi connectivity index (χ1) is 10.1. The highest BCUT2D eigenvalue weighted by molar-refractivity contribution is 5.91. The molecule has 0 spiro atoms. The molecule has 0 atom stereocenters. The van der Waals surface area contributed by atoms with Crippen molar-refractivity contribution >= 4 is 17.6 Å². The minimum atomic E-state index is -0.365. The minimum absolute atomic E-state index is 0.120. The maximum atomic E-state index is 11.7. The van der Waals surface area contributed by atoms with E-state index in [0.29, 0.717) is 23.6 Å². The molecule has 0 aliphatic rings. The van der Waals surface area contributed by atoms with Crippen molar-refractivity contribution in [1.29, 1.82) is 0 Å². The van der Waals surface area contributed by atoms with Crippen molar-refractivity contribution in [2.75, 3.05) is 11.9 Å². The highest BCUT2D eigenvalue weighted by Gasteiger charge is 2.08. The molecule has 1 aromatic carbocycles. The number of nitrogens with zero attached hydrogens (tertiary/aromatic N) is 1. The minimum Gasteiger partial charge on any atom is -0.462 e. The van der Waals surface area contributed by atoms with Crippen molar-refractivity contribution in [3.8, 4) is 11.3 Å². The summed E-state index contributed by atoms with van der Waals surface area (Å²) in [5, 5.41) is 2.70. The zero-order valence-corrected chi connectivity index (χ0v) is 11.9. The topological polar surface area (TPSA) is 68.3 Å². The van der Waals surface area contributed by atoms with Crippen LogP contribution in [0.15, 0.2) is 42.6 Å². The number of carbonyl (C=O) groups excluding carboxylic acids is 2. The summed E-state index contributed by atoms with van der Waals surface area (Å²) in [6.07, 6.45) is 1.57. The van der Waals surface area contributed by atoms with Crippen LogP contribution in [0.4, 0.5) is 5.69 Å². The van der Waals surface area contributed by atoms with E-state index in [9.17, 15) is 9.59 Å². The van der Waals surface area contributed by atoms with Gasteiger partial charge in [-0.3, -0.25) is 9.78 Å². The zero-order chi connectivity index (χ0) is 15.2. The van der Waals surface area contributed by atoms with Gasteiger partial charge in [-0.25, -0.2) is 4.79 Å². The van der Waals surface area contributed by atoms with Crippen molar-refractivity contribution in [1.82, 2.24) is 4.98 Å². The molecule has 5 nitrogen and oxygen atoms in total. The molecule has 1 amide bonds. The van der Waals surface area contributed by atoms with Gasteiger partial charge in [0, 0.05) is 24.4 Å². The van der Waals surface area contributed by atoms with Crippen LogP contribution in [0.5, 0.6) is 0 Å². The lowest BCUT2D eigenvalue weighted by atomic mass is 10.1. The number of pyridine rings is 1. The zero-order valence-electron chi connectivity index (χ0n) is 11.9. The molecule has 0 aliphatic heterocycles. The molecule has 108 valence electrons. The first kappa shape index (κ1) is 14.7. The summed E-state index contributed by atoms with van der Waals surface area (Å²) in [4.78, 5) is 26.9. The predicted molar refractivity (Wildman–Crippen MR) is 79.9 cm³/mol. The third-order valence-electron chi connectivity index (χ3n) is 2.77. The largest absolute Gasteiger partial charge is 0.462 e. The van der Waals surface area contributed by atoms with Crippen LogP contribution in [-0.4, -0.2) is 23.5 Å². The second-order valence-electron chi connectivity index (χ2n) is 4.41. The van der Waals surface area contributed by atoms with Gasteiger partial charge in [0.05, 0.1) is 17.9 Å². The van der Waals surface area contributed by atoms with Crippen LogP contribution in [-0.2, 0) is 9.53 Å². The SMILES string of the molecule is CCOC(=O)c1ccnc(-c2ccc(NC(C)=O)cc2)c1.